The molecule has 0 aromatic carbocycles. The van der Waals surface area contributed by atoms with Gasteiger partial charge in [-0.05, 0) is 27.2 Å². The maximum absolute atomic E-state index is 11.6. The molecule has 0 spiro atoms. The van der Waals surface area contributed by atoms with Gasteiger partial charge in [-0.15, -0.1) is 0 Å². The molecule has 0 aromatic rings. The van der Waals surface area contributed by atoms with Crippen LogP contribution in [0.3, 0.4) is 0 Å². The zero-order valence-corrected chi connectivity index (χ0v) is 10.3. The molecule has 1 amide bonds. The van der Waals surface area contributed by atoms with Gasteiger partial charge in [-0.1, -0.05) is 13.3 Å². The fourth-order valence-corrected chi connectivity index (χ4v) is 1.29. The predicted molar refractivity (Wildman–Crippen MR) is 60.2 cm³/mol. The number of carboxylic acid groups (broad SMARTS) is 1. The molecule has 0 saturated carbocycles. The van der Waals surface area contributed by atoms with Crippen molar-refractivity contribution in [2.75, 3.05) is 0 Å². The molecule has 94 valence electrons. The number of rotatable bonds is 7. The van der Waals surface area contributed by atoms with Crippen molar-refractivity contribution >= 4 is 11.9 Å². The lowest BCUT2D eigenvalue weighted by Gasteiger charge is -2.19. The summed E-state index contributed by atoms with van der Waals surface area (Å²) in [6.45, 7) is 6.90. The summed E-state index contributed by atoms with van der Waals surface area (Å²) >= 11 is 0. The van der Waals surface area contributed by atoms with Crippen LogP contribution in [0.4, 0.5) is 0 Å². The van der Waals surface area contributed by atoms with E-state index >= 15 is 0 Å². The highest BCUT2D eigenvalue weighted by Crippen LogP contribution is 2.01. The number of hydrogen-bond donors (Lipinski definition) is 2. The van der Waals surface area contributed by atoms with Gasteiger partial charge >= 0.3 is 5.97 Å². The smallest absolute Gasteiger partial charge is 0.332 e. The number of carbonyl (C=O) groups is 2. The SMILES string of the molecule is CCCC(C)NC(=O)C(C)O[C@@H](C)C(=O)O. The lowest BCUT2D eigenvalue weighted by molar-refractivity contribution is -0.155. The Balaban J connectivity index is 4.03. The molecule has 5 nitrogen and oxygen atoms in total. The van der Waals surface area contributed by atoms with E-state index in [2.05, 4.69) is 5.32 Å². The molecule has 5 heteroatoms. The molecule has 0 aliphatic rings. The minimum Gasteiger partial charge on any atom is -0.479 e. The summed E-state index contributed by atoms with van der Waals surface area (Å²) in [5, 5.41) is 11.4. The van der Waals surface area contributed by atoms with Crippen LogP contribution in [0.1, 0.15) is 40.5 Å². The molecular weight excluding hydrogens is 210 g/mol. The van der Waals surface area contributed by atoms with Crippen LogP contribution in [0.2, 0.25) is 0 Å². The maximum Gasteiger partial charge on any atom is 0.332 e. The first-order valence-electron chi connectivity index (χ1n) is 5.57. The number of aliphatic carboxylic acids is 1. The second-order valence-corrected chi connectivity index (χ2v) is 3.96. The van der Waals surface area contributed by atoms with Crippen LogP contribution in [-0.4, -0.2) is 35.2 Å². The number of carboxylic acids is 1. The summed E-state index contributed by atoms with van der Waals surface area (Å²) in [7, 11) is 0. The van der Waals surface area contributed by atoms with Gasteiger partial charge in [-0.25, -0.2) is 4.79 Å². The van der Waals surface area contributed by atoms with Crippen molar-refractivity contribution in [3.63, 3.8) is 0 Å². The number of carbonyl (C=O) groups excluding carboxylic acids is 1. The van der Waals surface area contributed by atoms with Crippen molar-refractivity contribution in [1.82, 2.24) is 5.32 Å². The van der Waals surface area contributed by atoms with Crippen molar-refractivity contribution in [3.8, 4) is 0 Å². The summed E-state index contributed by atoms with van der Waals surface area (Å²) in [6.07, 6.45) is 0.169. The van der Waals surface area contributed by atoms with Gasteiger partial charge in [0.2, 0.25) is 5.91 Å². The van der Waals surface area contributed by atoms with Crippen LogP contribution < -0.4 is 5.32 Å². The van der Waals surface area contributed by atoms with E-state index in [1.165, 1.54) is 6.92 Å². The van der Waals surface area contributed by atoms with Gasteiger partial charge in [0.05, 0.1) is 0 Å². The van der Waals surface area contributed by atoms with E-state index < -0.39 is 18.2 Å². The topological polar surface area (TPSA) is 75.6 Å². The van der Waals surface area contributed by atoms with Crippen molar-refractivity contribution in [1.29, 1.82) is 0 Å². The Morgan fingerprint density at radius 2 is 1.81 bits per heavy atom. The fraction of sp³-hybridized carbons (Fsp3) is 0.818. The average molecular weight is 231 g/mol. The Kier molecular flexibility index (Phi) is 6.72. The van der Waals surface area contributed by atoms with E-state index in [4.69, 9.17) is 9.84 Å². The van der Waals surface area contributed by atoms with E-state index in [1.54, 1.807) is 6.92 Å². The highest BCUT2D eigenvalue weighted by atomic mass is 16.5. The standard InChI is InChI=1S/C11H21NO4/c1-5-6-7(2)12-10(13)8(3)16-9(4)11(14)15/h7-9H,5-6H2,1-4H3,(H,12,13)(H,14,15)/t7?,8?,9-/m0/s1. The van der Waals surface area contributed by atoms with Crippen molar-refractivity contribution in [2.24, 2.45) is 0 Å². The summed E-state index contributed by atoms with van der Waals surface area (Å²) in [5.41, 5.74) is 0. The number of ether oxygens (including phenoxy) is 1. The first kappa shape index (κ1) is 14.9. The van der Waals surface area contributed by atoms with E-state index in [1.807, 2.05) is 13.8 Å². The summed E-state index contributed by atoms with van der Waals surface area (Å²) < 4.78 is 5.04. The second-order valence-electron chi connectivity index (χ2n) is 3.96. The molecular formula is C11H21NO4. The Bertz CT molecular complexity index is 242. The first-order valence-corrected chi connectivity index (χ1v) is 5.57. The Morgan fingerprint density at radius 1 is 1.25 bits per heavy atom. The number of nitrogens with one attached hydrogen (secondary N) is 1. The van der Waals surface area contributed by atoms with Crippen LogP contribution >= 0.6 is 0 Å². The van der Waals surface area contributed by atoms with E-state index in [0.717, 1.165) is 12.8 Å². The highest BCUT2D eigenvalue weighted by molar-refractivity contribution is 5.81. The monoisotopic (exact) mass is 231 g/mol. The molecule has 0 radical (unpaired) electrons. The molecule has 16 heavy (non-hydrogen) atoms. The summed E-state index contributed by atoms with van der Waals surface area (Å²) in [6, 6.07) is 0.0867. The van der Waals surface area contributed by atoms with Gasteiger partial charge in [0.1, 0.15) is 6.10 Å². The third kappa shape index (κ3) is 5.70. The van der Waals surface area contributed by atoms with Gasteiger partial charge < -0.3 is 15.2 Å². The van der Waals surface area contributed by atoms with Gasteiger partial charge in [-0.3, -0.25) is 4.79 Å². The maximum atomic E-state index is 11.6. The molecule has 0 fully saturated rings. The molecule has 0 aliphatic heterocycles. The lowest BCUT2D eigenvalue weighted by Crippen LogP contribution is -2.42. The zero-order chi connectivity index (χ0) is 12.7. The van der Waals surface area contributed by atoms with E-state index in [9.17, 15) is 9.59 Å². The molecule has 2 unspecified atom stereocenters. The Hall–Kier alpha value is -1.10. The molecule has 0 heterocycles. The molecule has 0 rings (SSSR count). The van der Waals surface area contributed by atoms with Crippen molar-refractivity contribution < 1.29 is 19.4 Å². The largest absolute Gasteiger partial charge is 0.479 e. The third-order valence-corrected chi connectivity index (χ3v) is 2.24. The van der Waals surface area contributed by atoms with Gasteiger partial charge in [0.25, 0.3) is 0 Å². The average Bonchev–Trinajstić information content (AvgIpc) is 2.17. The van der Waals surface area contributed by atoms with Crippen molar-refractivity contribution in [2.45, 2.75) is 58.8 Å². The summed E-state index contributed by atoms with van der Waals surface area (Å²) in [4.78, 5) is 22.1. The Labute approximate surface area is 96.2 Å². The van der Waals surface area contributed by atoms with Crippen LogP contribution in [-0.2, 0) is 14.3 Å². The third-order valence-electron chi connectivity index (χ3n) is 2.24. The van der Waals surface area contributed by atoms with Gasteiger partial charge in [0.15, 0.2) is 6.10 Å². The van der Waals surface area contributed by atoms with Gasteiger partial charge in [0, 0.05) is 6.04 Å². The summed E-state index contributed by atoms with van der Waals surface area (Å²) in [5.74, 6) is -1.34. The Morgan fingerprint density at radius 3 is 2.25 bits per heavy atom. The quantitative estimate of drug-likeness (QED) is 0.689. The van der Waals surface area contributed by atoms with E-state index in [-0.39, 0.29) is 11.9 Å². The van der Waals surface area contributed by atoms with Crippen LogP contribution in [0.25, 0.3) is 0 Å². The molecule has 2 N–H and O–H groups in total. The van der Waals surface area contributed by atoms with Crippen LogP contribution in [0, 0.1) is 0 Å². The minimum atomic E-state index is -1.07. The lowest BCUT2D eigenvalue weighted by atomic mass is 10.2. The second kappa shape index (κ2) is 7.22. The molecule has 0 bridgehead atoms. The van der Waals surface area contributed by atoms with E-state index in [0.29, 0.717) is 0 Å². The molecule has 0 aliphatic carbocycles. The fourth-order valence-electron chi connectivity index (χ4n) is 1.29. The number of amides is 1. The van der Waals surface area contributed by atoms with Gasteiger partial charge in [-0.2, -0.15) is 0 Å². The predicted octanol–water partition coefficient (Wildman–Crippen LogP) is 1.17. The minimum absolute atomic E-state index is 0.0867. The first-order chi connectivity index (χ1) is 7.38. The normalized spacial score (nSPS) is 16.2. The molecule has 0 saturated heterocycles. The zero-order valence-electron chi connectivity index (χ0n) is 10.3. The molecule has 0 aromatic heterocycles. The molecule has 3 atom stereocenters. The van der Waals surface area contributed by atoms with Crippen LogP contribution in [0.15, 0.2) is 0 Å². The van der Waals surface area contributed by atoms with Crippen molar-refractivity contribution in [3.05, 3.63) is 0 Å². The highest BCUT2D eigenvalue weighted by Gasteiger charge is 2.21. The van der Waals surface area contributed by atoms with Crippen LogP contribution in [0.5, 0.6) is 0 Å². The number of hydrogen-bond acceptors (Lipinski definition) is 3.